The Morgan fingerprint density at radius 2 is 1.50 bits per heavy atom. The van der Waals surface area contributed by atoms with Crippen LogP contribution in [0.1, 0.15) is 43.4 Å². The summed E-state index contributed by atoms with van der Waals surface area (Å²) in [6, 6.07) is 23.3. The fraction of sp³-hybridized carbons (Fsp3) is 0.200. The first-order valence-electron chi connectivity index (χ1n) is 9.19. The normalized spacial score (nSPS) is 11.3. The maximum absolute atomic E-state index is 6.39. The molecule has 0 atom stereocenters. The Hall–Kier alpha value is -2.80. The topological polar surface area (TPSA) is 9.23 Å². The minimum Gasteiger partial charge on any atom is -0.456 e. The summed E-state index contributed by atoms with van der Waals surface area (Å²) in [5.74, 6) is 2.22. The van der Waals surface area contributed by atoms with Crippen LogP contribution in [0.15, 0.2) is 72.8 Å². The van der Waals surface area contributed by atoms with Crippen molar-refractivity contribution >= 4 is 6.08 Å². The average Bonchev–Trinajstić information content (AvgIpc) is 2.64. The lowest BCUT2D eigenvalue weighted by molar-refractivity contribution is 0.472. The highest BCUT2D eigenvalue weighted by atomic mass is 16.5. The summed E-state index contributed by atoms with van der Waals surface area (Å²) in [6.07, 6.45) is 4.13. The number of aryl methyl sites for hydroxylation is 1. The Kier molecular flexibility index (Phi) is 5.58. The first-order valence-corrected chi connectivity index (χ1v) is 9.19. The SMILES string of the molecule is C/C=C/c1ccc(-c2ccc(C)cc2)cc1Oc1ccccc1C(C)C. The van der Waals surface area contributed by atoms with Crippen LogP contribution in [0.2, 0.25) is 0 Å². The van der Waals surface area contributed by atoms with Gasteiger partial charge in [-0.25, -0.2) is 0 Å². The van der Waals surface area contributed by atoms with Gasteiger partial charge in [0.2, 0.25) is 0 Å². The van der Waals surface area contributed by atoms with Crippen molar-refractivity contribution in [3.8, 4) is 22.6 Å². The molecule has 0 N–H and O–H groups in total. The molecule has 0 saturated heterocycles. The van der Waals surface area contributed by atoms with Gasteiger partial charge < -0.3 is 4.74 Å². The Morgan fingerprint density at radius 1 is 0.808 bits per heavy atom. The quantitative estimate of drug-likeness (QED) is 0.463. The van der Waals surface area contributed by atoms with Crippen molar-refractivity contribution in [2.75, 3.05) is 0 Å². The lowest BCUT2D eigenvalue weighted by Gasteiger charge is -2.16. The van der Waals surface area contributed by atoms with Crippen LogP contribution in [0.3, 0.4) is 0 Å². The van der Waals surface area contributed by atoms with E-state index in [0.717, 1.165) is 22.6 Å². The molecule has 0 bridgehead atoms. The Bertz CT molecular complexity index is 902. The Balaban J connectivity index is 2.04. The number of hydrogen-bond donors (Lipinski definition) is 0. The largest absolute Gasteiger partial charge is 0.456 e. The number of ether oxygens (including phenoxy) is 1. The van der Waals surface area contributed by atoms with Crippen molar-refractivity contribution in [1.82, 2.24) is 0 Å². The van der Waals surface area contributed by atoms with E-state index >= 15 is 0 Å². The molecular weight excluding hydrogens is 316 g/mol. The molecule has 0 aliphatic rings. The van der Waals surface area contributed by atoms with Gasteiger partial charge in [0.05, 0.1) is 0 Å². The van der Waals surface area contributed by atoms with Crippen LogP contribution >= 0.6 is 0 Å². The van der Waals surface area contributed by atoms with Gasteiger partial charge in [-0.3, -0.25) is 0 Å². The van der Waals surface area contributed by atoms with Crippen molar-refractivity contribution in [2.24, 2.45) is 0 Å². The lowest BCUT2D eigenvalue weighted by atomic mass is 10.0. The number of rotatable bonds is 5. The Morgan fingerprint density at radius 3 is 2.19 bits per heavy atom. The van der Waals surface area contributed by atoms with E-state index in [-0.39, 0.29) is 0 Å². The van der Waals surface area contributed by atoms with Crippen LogP contribution in [0.5, 0.6) is 11.5 Å². The van der Waals surface area contributed by atoms with Crippen LogP contribution in [0.25, 0.3) is 17.2 Å². The molecule has 1 nitrogen and oxygen atoms in total. The van der Waals surface area contributed by atoms with Gasteiger partial charge in [-0.15, -0.1) is 0 Å². The number of para-hydroxylation sites is 1. The second-order valence-electron chi connectivity index (χ2n) is 6.91. The predicted molar refractivity (Wildman–Crippen MR) is 112 cm³/mol. The van der Waals surface area contributed by atoms with Crippen LogP contribution < -0.4 is 4.74 Å². The molecule has 0 unspecified atom stereocenters. The van der Waals surface area contributed by atoms with E-state index in [9.17, 15) is 0 Å². The first-order chi connectivity index (χ1) is 12.6. The summed E-state index contributed by atoms with van der Waals surface area (Å²) < 4.78 is 6.39. The summed E-state index contributed by atoms with van der Waals surface area (Å²) in [7, 11) is 0. The van der Waals surface area contributed by atoms with Crippen molar-refractivity contribution in [1.29, 1.82) is 0 Å². The summed E-state index contributed by atoms with van der Waals surface area (Å²) in [5, 5.41) is 0. The third-order valence-corrected chi connectivity index (χ3v) is 4.51. The number of hydrogen-bond acceptors (Lipinski definition) is 1. The van der Waals surface area contributed by atoms with Crippen molar-refractivity contribution in [3.05, 3.63) is 89.5 Å². The molecule has 0 aliphatic heterocycles. The highest BCUT2D eigenvalue weighted by Crippen LogP contribution is 2.35. The van der Waals surface area contributed by atoms with E-state index in [2.05, 4.69) is 81.4 Å². The van der Waals surface area contributed by atoms with Gasteiger partial charge in [0.25, 0.3) is 0 Å². The van der Waals surface area contributed by atoms with E-state index < -0.39 is 0 Å². The second-order valence-corrected chi connectivity index (χ2v) is 6.91. The standard InChI is InChI=1S/C25H26O/c1-5-8-21-15-16-22(20-13-11-19(4)12-14-20)17-25(21)26-24-10-7-6-9-23(24)18(2)3/h5-18H,1-4H3/b8-5+. The molecule has 0 amide bonds. The summed E-state index contributed by atoms with van der Waals surface area (Å²) >= 11 is 0. The van der Waals surface area contributed by atoms with Gasteiger partial charge in [-0.05, 0) is 48.6 Å². The molecule has 132 valence electrons. The fourth-order valence-electron chi connectivity index (χ4n) is 3.03. The molecule has 0 heterocycles. The molecule has 1 heteroatoms. The van der Waals surface area contributed by atoms with Gasteiger partial charge in [-0.1, -0.05) is 86.2 Å². The third-order valence-electron chi connectivity index (χ3n) is 4.51. The molecule has 26 heavy (non-hydrogen) atoms. The van der Waals surface area contributed by atoms with Crippen molar-refractivity contribution < 1.29 is 4.74 Å². The smallest absolute Gasteiger partial charge is 0.135 e. The first kappa shape index (κ1) is 18.0. The monoisotopic (exact) mass is 342 g/mol. The zero-order valence-electron chi connectivity index (χ0n) is 16.0. The van der Waals surface area contributed by atoms with Gasteiger partial charge in [0, 0.05) is 5.56 Å². The highest BCUT2D eigenvalue weighted by molar-refractivity contribution is 5.70. The molecular formula is C25H26O. The minimum absolute atomic E-state index is 0.414. The van der Waals surface area contributed by atoms with E-state index in [4.69, 9.17) is 4.74 Å². The van der Waals surface area contributed by atoms with E-state index in [0.29, 0.717) is 5.92 Å². The highest BCUT2D eigenvalue weighted by Gasteiger charge is 2.11. The number of allylic oxidation sites excluding steroid dienone is 1. The van der Waals surface area contributed by atoms with Crippen LogP contribution in [-0.4, -0.2) is 0 Å². The molecule has 3 rings (SSSR count). The molecule has 3 aromatic carbocycles. The summed E-state index contributed by atoms with van der Waals surface area (Å²) in [6.45, 7) is 8.52. The van der Waals surface area contributed by atoms with Crippen molar-refractivity contribution in [3.63, 3.8) is 0 Å². The maximum atomic E-state index is 6.39. The second kappa shape index (κ2) is 8.05. The zero-order chi connectivity index (χ0) is 18.5. The third kappa shape index (κ3) is 4.05. The number of benzene rings is 3. The molecule has 0 saturated carbocycles. The van der Waals surface area contributed by atoms with Gasteiger partial charge in [0.15, 0.2) is 0 Å². The van der Waals surface area contributed by atoms with Crippen LogP contribution in [-0.2, 0) is 0 Å². The maximum Gasteiger partial charge on any atom is 0.135 e. The molecule has 0 spiro atoms. The van der Waals surface area contributed by atoms with Gasteiger partial charge in [-0.2, -0.15) is 0 Å². The van der Waals surface area contributed by atoms with Crippen molar-refractivity contribution in [2.45, 2.75) is 33.6 Å². The molecule has 3 aromatic rings. The summed E-state index contributed by atoms with van der Waals surface area (Å²) in [5.41, 5.74) is 5.93. The average molecular weight is 342 g/mol. The lowest BCUT2D eigenvalue weighted by Crippen LogP contribution is -1.95. The van der Waals surface area contributed by atoms with E-state index in [1.807, 2.05) is 25.1 Å². The molecule has 0 aliphatic carbocycles. The van der Waals surface area contributed by atoms with Crippen LogP contribution in [0, 0.1) is 6.92 Å². The predicted octanol–water partition coefficient (Wildman–Crippen LogP) is 7.61. The molecule has 0 radical (unpaired) electrons. The minimum atomic E-state index is 0.414. The molecule has 0 aromatic heterocycles. The molecule has 0 fully saturated rings. The Labute approximate surface area is 157 Å². The van der Waals surface area contributed by atoms with E-state index in [1.54, 1.807) is 0 Å². The fourth-order valence-corrected chi connectivity index (χ4v) is 3.03. The van der Waals surface area contributed by atoms with Crippen LogP contribution in [0.4, 0.5) is 0 Å². The van der Waals surface area contributed by atoms with Gasteiger partial charge in [0.1, 0.15) is 11.5 Å². The van der Waals surface area contributed by atoms with Gasteiger partial charge >= 0.3 is 0 Å². The van der Waals surface area contributed by atoms with E-state index in [1.165, 1.54) is 16.7 Å². The summed E-state index contributed by atoms with van der Waals surface area (Å²) in [4.78, 5) is 0. The zero-order valence-corrected chi connectivity index (χ0v) is 16.0.